The molecule has 2 aromatic heterocycles. The van der Waals surface area contributed by atoms with Crippen molar-refractivity contribution >= 4 is 48.3 Å². The Morgan fingerprint density at radius 3 is 2.81 bits per heavy atom. The van der Waals surface area contributed by atoms with Gasteiger partial charge in [0.2, 0.25) is 11.9 Å². The number of likely N-dealkylation sites (tertiary alicyclic amines) is 1. The van der Waals surface area contributed by atoms with Crippen molar-refractivity contribution in [3.8, 4) is 5.75 Å². The molecular weight excluding hydrogens is 569 g/mol. The molecular formula is C32H41ClN5O3P. The molecule has 8 nitrogen and oxygen atoms in total. The molecule has 4 heterocycles. The molecule has 1 aromatic carbocycles. The molecule has 0 spiro atoms. The fourth-order valence-electron chi connectivity index (χ4n) is 6.16. The predicted octanol–water partition coefficient (Wildman–Crippen LogP) is 7.41. The molecule has 2 saturated heterocycles. The number of anilines is 1. The number of fused-ring (bicyclic) bond motifs is 1. The number of nitrogens with zero attached hydrogens (tertiary/aromatic N) is 4. The topological polar surface area (TPSA) is 89.4 Å². The lowest BCUT2D eigenvalue weighted by molar-refractivity contribution is -0.126. The van der Waals surface area contributed by atoms with Crippen LogP contribution in [0.15, 0.2) is 43.1 Å². The highest BCUT2D eigenvalue weighted by atomic mass is 35.5. The van der Waals surface area contributed by atoms with Crippen LogP contribution in [0.1, 0.15) is 74.5 Å². The van der Waals surface area contributed by atoms with E-state index >= 15 is 0 Å². The SMILES string of the molecule is C=CC(=O)N1CCCCC(n2c(NC(=O)c3ccnc(C)c3)nc3cc(O[C@@H]4CC(C)(C)CCCP4C)cc(Cl)c32)C1. The normalized spacial score (nSPS) is 22.7. The molecule has 0 radical (unpaired) electrons. The fraction of sp³-hybridized carbons (Fsp3) is 0.500. The summed E-state index contributed by atoms with van der Waals surface area (Å²) in [6.45, 7) is 13.6. The standard InChI is InChI=1S/C32H41ClN5O3P/c1-6-27(39)37-14-8-7-10-23(20-37)38-29-25(33)17-24(41-28-19-32(3,4)12-9-15-42(28)5)18-26(29)35-31(38)36-30(40)22-11-13-34-21(2)16-22/h6,11,13,16-18,23,28H,1,7-10,12,14-15,19-20H2,2-5H3,(H,35,36,40)/t23?,28-,42?/m0/s1. The molecule has 3 atom stereocenters. The van der Waals surface area contributed by atoms with Gasteiger partial charge < -0.3 is 14.2 Å². The van der Waals surface area contributed by atoms with Crippen LogP contribution in [0, 0.1) is 12.3 Å². The van der Waals surface area contributed by atoms with Gasteiger partial charge in [0, 0.05) is 42.7 Å². The van der Waals surface area contributed by atoms with Crippen LogP contribution in [-0.2, 0) is 4.79 Å². The Hall–Kier alpha value is -2.96. The molecule has 224 valence electrons. The minimum absolute atomic E-state index is 0.103. The lowest BCUT2D eigenvalue weighted by Gasteiger charge is -2.29. The number of rotatable bonds is 6. The molecule has 2 aliphatic rings. The molecule has 3 aromatic rings. The van der Waals surface area contributed by atoms with E-state index < -0.39 is 0 Å². The summed E-state index contributed by atoms with van der Waals surface area (Å²) in [5.41, 5.74) is 2.85. The second-order valence-electron chi connectivity index (χ2n) is 12.4. The second-order valence-corrected chi connectivity index (χ2v) is 15.3. The number of imidazole rings is 1. The monoisotopic (exact) mass is 609 g/mol. The summed E-state index contributed by atoms with van der Waals surface area (Å²) in [5.74, 6) is 0.849. The first-order chi connectivity index (χ1) is 20.0. The maximum atomic E-state index is 13.4. The third-order valence-corrected chi connectivity index (χ3v) is 11.0. The molecule has 2 amide bonds. The van der Waals surface area contributed by atoms with E-state index in [4.69, 9.17) is 21.3 Å². The van der Waals surface area contributed by atoms with E-state index in [1.807, 2.05) is 28.5 Å². The van der Waals surface area contributed by atoms with Crippen LogP contribution in [0.3, 0.4) is 0 Å². The van der Waals surface area contributed by atoms with Crippen molar-refractivity contribution in [3.63, 3.8) is 0 Å². The first-order valence-electron chi connectivity index (χ1n) is 14.8. The maximum Gasteiger partial charge on any atom is 0.258 e. The zero-order valence-electron chi connectivity index (χ0n) is 25.0. The number of hydrogen-bond donors (Lipinski definition) is 1. The first-order valence-corrected chi connectivity index (χ1v) is 17.2. The van der Waals surface area contributed by atoms with Gasteiger partial charge in [0.1, 0.15) is 11.6 Å². The van der Waals surface area contributed by atoms with Gasteiger partial charge in [0.15, 0.2) is 0 Å². The highest BCUT2D eigenvalue weighted by Crippen LogP contribution is 2.50. The van der Waals surface area contributed by atoms with Crippen molar-refractivity contribution in [2.75, 3.05) is 31.2 Å². The van der Waals surface area contributed by atoms with E-state index in [0.717, 1.165) is 36.9 Å². The Bertz CT molecular complexity index is 1490. The summed E-state index contributed by atoms with van der Waals surface area (Å²) in [6.07, 6.45) is 10.2. The van der Waals surface area contributed by atoms with E-state index in [1.165, 1.54) is 25.1 Å². The lowest BCUT2D eigenvalue weighted by atomic mass is 9.85. The number of carbonyl (C=O) groups is 2. The third-order valence-electron chi connectivity index (χ3n) is 8.45. The van der Waals surface area contributed by atoms with Gasteiger partial charge in [-0.3, -0.25) is 19.9 Å². The molecule has 2 unspecified atom stereocenters. The van der Waals surface area contributed by atoms with Crippen molar-refractivity contribution in [2.45, 2.75) is 71.2 Å². The van der Waals surface area contributed by atoms with E-state index in [2.05, 4.69) is 37.4 Å². The predicted molar refractivity (Wildman–Crippen MR) is 171 cm³/mol. The first kappa shape index (κ1) is 30.5. The van der Waals surface area contributed by atoms with Crippen LogP contribution in [-0.4, -0.2) is 63.0 Å². The third kappa shape index (κ3) is 6.81. The van der Waals surface area contributed by atoms with Crippen molar-refractivity contribution in [1.29, 1.82) is 0 Å². The summed E-state index contributed by atoms with van der Waals surface area (Å²) in [5, 5.41) is 3.55. The van der Waals surface area contributed by atoms with Crippen molar-refractivity contribution < 1.29 is 14.3 Å². The molecule has 10 heteroatoms. The molecule has 5 rings (SSSR count). The Labute approximate surface area is 254 Å². The number of pyridine rings is 1. The van der Waals surface area contributed by atoms with Gasteiger partial charge in [-0.2, -0.15) is 0 Å². The van der Waals surface area contributed by atoms with Crippen molar-refractivity contribution in [2.24, 2.45) is 5.41 Å². The zero-order valence-corrected chi connectivity index (χ0v) is 26.7. The Morgan fingerprint density at radius 2 is 2.05 bits per heavy atom. The van der Waals surface area contributed by atoms with Crippen LogP contribution in [0.4, 0.5) is 5.95 Å². The maximum absolute atomic E-state index is 13.4. The van der Waals surface area contributed by atoms with Gasteiger partial charge in [0.25, 0.3) is 5.91 Å². The molecule has 0 saturated carbocycles. The number of benzene rings is 1. The number of amides is 2. The van der Waals surface area contributed by atoms with E-state index in [9.17, 15) is 9.59 Å². The minimum Gasteiger partial charge on any atom is -0.486 e. The van der Waals surface area contributed by atoms with E-state index in [-0.39, 0.29) is 37.0 Å². The average molecular weight is 610 g/mol. The zero-order chi connectivity index (χ0) is 30.0. The van der Waals surface area contributed by atoms with Crippen LogP contribution in [0.5, 0.6) is 5.75 Å². The summed E-state index contributed by atoms with van der Waals surface area (Å²) < 4.78 is 8.65. The molecule has 1 N–H and O–H groups in total. The quantitative estimate of drug-likeness (QED) is 0.232. The number of ether oxygens (including phenoxy) is 1. The minimum atomic E-state index is -0.283. The molecule has 0 bridgehead atoms. The van der Waals surface area contributed by atoms with E-state index in [0.29, 0.717) is 40.9 Å². The molecule has 2 fully saturated rings. The summed E-state index contributed by atoms with van der Waals surface area (Å²) in [6, 6.07) is 7.11. The Balaban J connectivity index is 1.55. The van der Waals surface area contributed by atoms with E-state index in [1.54, 1.807) is 18.3 Å². The Kier molecular flexibility index (Phi) is 9.24. The van der Waals surface area contributed by atoms with Gasteiger partial charge in [-0.25, -0.2) is 4.98 Å². The number of aromatic nitrogens is 3. The van der Waals surface area contributed by atoms with Crippen molar-refractivity contribution in [1.82, 2.24) is 19.4 Å². The lowest BCUT2D eigenvalue weighted by Crippen LogP contribution is -2.34. The van der Waals surface area contributed by atoms with Gasteiger partial charge >= 0.3 is 0 Å². The van der Waals surface area contributed by atoms with Gasteiger partial charge in [-0.15, -0.1) is 0 Å². The highest BCUT2D eigenvalue weighted by Gasteiger charge is 2.32. The van der Waals surface area contributed by atoms with Crippen LogP contribution in [0.2, 0.25) is 5.02 Å². The number of halogens is 1. The summed E-state index contributed by atoms with van der Waals surface area (Å²) in [7, 11) is -0.283. The van der Waals surface area contributed by atoms with Gasteiger partial charge in [-0.05, 0) is 81.9 Å². The number of nitrogens with one attached hydrogen (secondary N) is 1. The van der Waals surface area contributed by atoms with Crippen molar-refractivity contribution in [3.05, 3.63) is 59.4 Å². The van der Waals surface area contributed by atoms with Crippen LogP contribution >= 0.6 is 19.5 Å². The number of hydrogen-bond acceptors (Lipinski definition) is 5. The number of aryl methyl sites for hydroxylation is 1. The van der Waals surface area contributed by atoms with Gasteiger partial charge in [0.05, 0.1) is 22.1 Å². The fourth-order valence-corrected chi connectivity index (χ4v) is 8.51. The van der Waals surface area contributed by atoms with Crippen LogP contribution < -0.4 is 10.1 Å². The van der Waals surface area contributed by atoms with Crippen LogP contribution in [0.25, 0.3) is 11.0 Å². The van der Waals surface area contributed by atoms with Gasteiger partial charge in [-0.1, -0.05) is 39.9 Å². The number of carbonyl (C=O) groups excluding carboxylic acids is 2. The largest absolute Gasteiger partial charge is 0.486 e. The molecule has 0 aliphatic carbocycles. The second kappa shape index (κ2) is 12.7. The smallest absolute Gasteiger partial charge is 0.258 e. The summed E-state index contributed by atoms with van der Waals surface area (Å²) >= 11 is 7.03. The molecule has 42 heavy (non-hydrogen) atoms. The summed E-state index contributed by atoms with van der Waals surface area (Å²) in [4.78, 5) is 37.0. The molecule has 2 aliphatic heterocycles. The Morgan fingerprint density at radius 1 is 1.24 bits per heavy atom. The highest BCUT2D eigenvalue weighted by molar-refractivity contribution is 7.57. The average Bonchev–Trinajstić information content (AvgIpc) is 3.05.